The number of fused-ring (bicyclic) bond motifs is 9. The van der Waals surface area contributed by atoms with Crippen molar-refractivity contribution in [2.75, 3.05) is 0 Å². The molecule has 45 heavy (non-hydrogen) atoms. The summed E-state index contributed by atoms with van der Waals surface area (Å²) in [5, 5.41) is 7.06. The van der Waals surface area contributed by atoms with Crippen LogP contribution in [0.25, 0.3) is 98.1 Å². The Morgan fingerprint density at radius 3 is 1.71 bits per heavy atom. The summed E-state index contributed by atoms with van der Waals surface area (Å²) in [6.45, 7) is 0. The van der Waals surface area contributed by atoms with Crippen molar-refractivity contribution in [2.24, 2.45) is 0 Å². The lowest BCUT2D eigenvalue weighted by Gasteiger charge is -2.19. The van der Waals surface area contributed by atoms with E-state index >= 15 is 0 Å². The molecular weight excluding hydrogens is 544 g/mol. The fraction of sp³-hybridized carbons (Fsp3) is 0. The molecule has 0 bridgehead atoms. The zero-order valence-corrected chi connectivity index (χ0v) is 23.7. The molecule has 0 N–H and O–H groups in total. The summed E-state index contributed by atoms with van der Waals surface area (Å²) in [5.41, 5.74) is 4.14. The highest BCUT2D eigenvalue weighted by molar-refractivity contribution is 6.26. The Bertz CT molecular complexity index is 3270. The number of benzene rings is 9. The lowest BCUT2D eigenvalue weighted by Crippen LogP contribution is -1.92. The first kappa shape index (κ1) is 17.4. The SMILES string of the molecule is [2H]c1c([2H])c([2H])c2c(c1[2H])c([2H])c(-c1c3ccccc3c(-c3ccc4oc5cc6ccccc6cc5c4c3)c3ccccc13)c1c([2H])c([2H])c([2H])c([2H])c12. The van der Waals surface area contributed by atoms with Gasteiger partial charge in [0, 0.05) is 10.8 Å². The normalized spacial score (nSPS) is 14.8. The lowest BCUT2D eigenvalue weighted by atomic mass is 9.83. The molecule has 1 aromatic heterocycles. The summed E-state index contributed by atoms with van der Waals surface area (Å²) in [6, 6.07) is 30.0. The summed E-state index contributed by atoms with van der Waals surface area (Å²) >= 11 is 0. The van der Waals surface area contributed by atoms with Crippen LogP contribution in [0.2, 0.25) is 0 Å². The van der Waals surface area contributed by atoms with E-state index in [1.54, 1.807) is 0 Å². The van der Waals surface area contributed by atoms with Crippen molar-refractivity contribution in [3.63, 3.8) is 0 Å². The van der Waals surface area contributed by atoms with Crippen molar-refractivity contribution in [1.29, 1.82) is 0 Å². The highest BCUT2D eigenvalue weighted by atomic mass is 16.3. The molecule has 0 spiro atoms. The van der Waals surface area contributed by atoms with E-state index in [-0.39, 0.29) is 39.2 Å². The Morgan fingerprint density at radius 1 is 0.400 bits per heavy atom. The number of hydrogen-bond donors (Lipinski definition) is 0. The van der Waals surface area contributed by atoms with Gasteiger partial charge in [-0.25, -0.2) is 0 Å². The van der Waals surface area contributed by atoms with Crippen LogP contribution in [-0.4, -0.2) is 0 Å². The van der Waals surface area contributed by atoms with Gasteiger partial charge in [-0.1, -0.05) is 127 Å². The fourth-order valence-corrected chi connectivity index (χ4v) is 6.98. The predicted molar refractivity (Wildman–Crippen MR) is 192 cm³/mol. The van der Waals surface area contributed by atoms with E-state index < -0.39 is 42.3 Å². The predicted octanol–water partition coefficient (Wildman–Crippen LogP) is 12.7. The molecule has 10 aromatic rings. The highest BCUT2D eigenvalue weighted by Gasteiger charge is 2.20. The summed E-state index contributed by atoms with van der Waals surface area (Å²) < 4.78 is 86.3. The van der Waals surface area contributed by atoms with Crippen LogP contribution < -0.4 is 0 Å². The molecule has 0 amide bonds. The minimum absolute atomic E-state index is 0.0325. The first-order valence-electron chi connectivity index (χ1n) is 19.3. The van der Waals surface area contributed by atoms with Crippen LogP contribution in [-0.2, 0) is 0 Å². The maximum Gasteiger partial charge on any atom is 0.136 e. The molecule has 1 heterocycles. The minimum Gasteiger partial charge on any atom is -0.456 e. The molecule has 0 radical (unpaired) electrons. The van der Waals surface area contributed by atoms with Gasteiger partial charge in [-0.05, 0) is 106 Å². The molecule has 1 heteroatoms. The van der Waals surface area contributed by atoms with E-state index in [1.165, 1.54) is 0 Å². The van der Waals surface area contributed by atoms with Crippen molar-refractivity contribution in [2.45, 2.75) is 0 Å². The van der Waals surface area contributed by atoms with Crippen LogP contribution in [0.1, 0.15) is 12.3 Å². The third-order valence-electron chi connectivity index (χ3n) is 8.93. The second-order valence-corrected chi connectivity index (χ2v) is 11.3. The van der Waals surface area contributed by atoms with Gasteiger partial charge in [-0.15, -0.1) is 0 Å². The number of hydrogen-bond acceptors (Lipinski definition) is 1. The number of furan rings is 1. The molecule has 0 fully saturated rings. The van der Waals surface area contributed by atoms with Crippen LogP contribution in [0.15, 0.2) is 162 Å². The average Bonchev–Trinajstić information content (AvgIpc) is 3.54. The Hall–Kier alpha value is -5.92. The summed E-state index contributed by atoms with van der Waals surface area (Å²) in [5.74, 6) is 0. The van der Waals surface area contributed by atoms with Gasteiger partial charge in [0.1, 0.15) is 11.2 Å². The van der Waals surface area contributed by atoms with Crippen LogP contribution >= 0.6 is 0 Å². The number of rotatable bonds is 2. The molecule has 0 saturated heterocycles. The zero-order valence-electron chi connectivity index (χ0n) is 32.7. The largest absolute Gasteiger partial charge is 0.456 e. The molecule has 9 aromatic carbocycles. The fourth-order valence-electron chi connectivity index (χ4n) is 6.98. The van der Waals surface area contributed by atoms with Crippen LogP contribution in [0.5, 0.6) is 0 Å². The van der Waals surface area contributed by atoms with Crippen molar-refractivity contribution >= 4 is 75.8 Å². The smallest absolute Gasteiger partial charge is 0.136 e. The molecule has 208 valence electrons. The average molecular weight is 580 g/mol. The van der Waals surface area contributed by atoms with Crippen molar-refractivity contribution in [3.8, 4) is 22.3 Å². The summed E-state index contributed by atoms with van der Waals surface area (Å²) in [7, 11) is 0. The second-order valence-electron chi connectivity index (χ2n) is 11.3. The standard InChI is InChI=1S/C44H26O/c1-2-12-28-26-42-39(23-27(28)11-1)38-25-30(21-22-41(38)45-42)43-34-17-7-9-19-36(34)44(37-20-10-8-18-35(37)43)40-24-29-13-3-4-14-31(29)32-15-5-6-16-33(32)40/h1-26H/i3D,4D,5D,6D,13D,14D,15D,16D,24D. The van der Waals surface area contributed by atoms with E-state index in [0.29, 0.717) is 5.56 Å². The van der Waals surface area contributed by atoms with Crippen molar-refractivity contribution in [3.05, 3.63) is 158 Å². The van der Waals surface area contributed by atoms with Gasteiger partial charge in [0.2, 0.25) is 0 Å². The Kier molecular flexibility index (Phi) is 3.59. The van der Waals surface area contributed by atoms with Gasteiger partial charge < -0.3 is 4.42 Å². The van der Waals surface area contributed by atoms with E-state index in [4.69, 9.17) is 14.0 Å². The molecule has 1 nitrogen and oxygen atoms in total. The quantitative estimate of drug-likeness (QED) is 0.147. The molecule has 0 unspecified atom stereocenters. The lowest BCUT2D eigenvalue weighted by molar-refractivity contribution is 0.669. The van der Waals surface area contributed by atoms with Gasteiger partial charge in [-0.2, -0.15) is 0 Å². The summed E-state index contributed by atoms with van der Waals surface area (Å²) in [4.78, 5) is 0. The van der Waals surface area contributed by atoms with Crippen molar-refractivity contribution < 1.29 is 16.8 Å². The van der Waals surface area contributed by atoms with Gasteiger partial charge in [0.05, 0.1) is 12.3 Å². The Morgan fingerprint density at radius 2 is 0.978 bits per heavy atom. The molecular formula is C44H26O. The third-order valence-corrected chi connectivity index (χ3v) is 8.93. The second kappa shape index (κ2) is 9.29. The maximum absolute atomic E-state index is 9.72. The van der Waals surface area contributed by atoms with E-state index in [1.807, 2.05) is 72.8 Å². The van der Waals surface area contributed by atoms with E-state index in [2.05, 4.69) is 30.3 Å². The van der Waals surface area contributed by atoms with Crippen LogP contribution in [0, 0.1) is 0 Å². The van der Waals surface area contributed by atoms with Crippen LogP contribution in [0.4, 0.5) is 0 Å². The third kappa shape index (κ3) is 3.56. The van der Waals surface area contributed by atoms with E-state index in [0.717, 1.165) is 65.4 Å². The Balaban J connectivity index is 1.38. The van der Waals surface area contributed by atoms with Crippen LogP contribution in [0.3, 0.4) is 0 Å². The topological polar surface area (TPSA) is 13.1 Å². The van der Waals surface area contributed by atoms with Crippen molar-refractivity contribution in [1.82, 2.24) is 0 Å². The zero-order chi connectivity index (χ0) is 37.3. The molecule has 0 aliphatic carbocycles. The first-order valence-corrected chi connectivity index (χ1v) is 14.8. The van der Waals surface area contributed by atoms with Gasteiger partial charge in [-0.3, -0.25) is 0 Å². The highest BCUT2D eigenvalue weighted by Crippen LogP contribution is 2.47. The van der Waals surface area contributed by atoms with Gasteiger partial charge >= 0.3 is 0 Å². The Labute approximate surface area is 272 Å². The summed E-state index contributed by atoms with van der Waals surface area (Å²) in [6.07, 6.45) is 0. The van der Waals surface area contributed by atoms with Gasteiger partial charge in [0.15, 0.2) is 0 Å². The maximum atomic E-state index is 9.72. The monoisotopic (exact) mass is 579 g/mol. The molecule has 0 atom stereocenters. The molecule has 0 aliphatic rings. The van der Waals surface area contributed by atoms with E-state index in [9.17, 15) is 2.74 Å². The molecule has 0 aliphatic heterocycles. The first-order chi connectivity index (χ1) is 26.1. The van der Waals surface area contributed by atoms with Gasteiger partial charge in [0.25, 0.3) is 0 Å². The molecule has 0 saturated carbocycles. The minimum atomic E-state index is -0.538. The molecule has 10 rings (SSSR count).